The molecule has 6 rings (SSSR count). The Bertz CT molecular complexity index is 1830. The minimum absolute atomic E-state index is 0.292. The molecule has 4 aromatic rings. The predicted molar refractivity (Wildman–Crippen MR) is 169 cm³/mol. The van der Waals surface area contributed by atoms with E-state index >= 15 is 0 Å². The topological polar surface area (TPSA) is 40.6 Å². The summed E-state index contributed by atoms with van der Waals surface area (Å²) >= 11 is 2.68. The molecule has 0 fully saturated rings. The van der Waals surface area contributed by atoms with Gasteiger partial charge in [0.1, 0.15) is 0 Å². The lowest BCUT2D eigenvalue weighted by molar-refractivity contribution is -0.138. The Morgan fingerprint density at radius 1 is 0.522 bits per heavy atom. The van der Waals surface area contributed by atoms with E-state index in [0.29, 0.717) is 43.4 Å². The van der Waals surface area contributed by atoms with Gasteiger partial charge in [-0.05, 0) is 71.8 Å². The molecule has 4 heterocycles. The van der Waals surface area contributed by atoms with Crippen molar-refractivity contribution in [2.45, 2.75) is 12.4 Å². The van der Waals surface area contributed by atoms with E-state index in [0.717, 1.165) is 34.0 Å². The van der Waals surface area contributed by atoms with E-state index in [9.17, 15) is 35.9 Å². The zero-order valence-corrected chi connectivity index (χ0v) is 25.7. The van der Waals surface area contributed by atoms with Crippen LogP contribution in [0.3, 0.4) is 0 Å². The monoisotopic (exact) mass is 668 g/mol. The maximum atomic E-state index is 13.5. The van der Waals surface area contributed by atoms with Crippen LogP contribution in [0.15, 0.2) is 83.9 Å². The molecule has 0 saturated carbocycles. The Labute approximate surface area is 267 Å². The van der Waals surface area contributed by atoms with Crippen LogP contribution in [-0.2, 0) is 21.9 Å². The van der Waals surface area contributed by atoms with Crippen LogP contribution in [0.5, 0.6) is 0 Å². The first-order chi connectivity index (χ1) is 21.7. The third-order valence-corrected chi connectivity index (χ3v) is 9.62. The number of fused-ring (bicyclic) bond motifs is 1. The van der Waals surface area contributed by atoms with Gasteiger partial charge in [0.15, 0.2) is 0 Å². The maximum Gasteiger partial charge on any atom is 0.416 e. The second-order valence-electron chi connectivity index (χ2n) is 10.5. The molecular weight excluding hydrogens is 647 g/mol. The third kappa shape index (κ3) is 5.85. The van der Waals surface area contributed by atoms with E-state index in [1.165, 1.54) is 56.7 Å². The molecule has 0 N–H and O–H groups in total. The van der Waals surface area contributed by atoms with Gasteiger partial charge in [-0.1, -0.05) is 36.4 Å². The summed E-state index contributed by atoms with van der Waals surface area (Å²) in [6.07, 6.45) is -1.93. The normalized spacial score (nSPS) is 15.9. The number of thiophene rings is 2. The quantitative estimate of drug-likeness (QED) is 0.192. The summed E-state index contributed by atoms with van der Waals surface area (Å²) in [4.78, 5) is 32.9. The zero-order valence-electron chi connectivity index (χ0n) is 24.0. The maximum absolute atomic E-state index is 13.5. The van der Waals surface area contributed by atoms with E-state index in [2.05, 4.69) is 0 Å². The molecule has 0 bridgehead atoms. The number of hydrogen-bond donors (Lipinski definition) is 0. The Hall–Kier alpha value is -4.68. The van der Waals surface area contributed by atoms with Crippen molar-refractivity contribution in [2.24, 2.45) is 0 Å². The smallest absolute Gasteiger partial charge is 0.309 e. The van der Waals surface area contributed by atoms with Gasteiger partial charge < -0.3 is 9.80 Å². The van der Waals surface area contributed by atoms with Crippen LogP contribution in [0.2, 0.25) is 0 Å². The molecular formula is C34H22F6N2O2S2. The van der Waals surface area contributed by atoms with Crippen molar-refractivity contribution >= 4 is 70.2 Å². The average Bonchev–Trinajstić information content (AvgIpc) is 3.78. The molecule has 4 nitrogen and oxygen atoms in total. The summed E-state index contributed by atoms with van der Waals surface area (Å²) in [5.74, 6) is -0.661. The fraction of sp³-hybridized carbons (Fsp3) is 0.118. The van der Waals surface area contributed by atoms with Crippen molar-refractivity contribution in [3.05, 3.63) is 126 Å². The van der Waals surface area contributed by atoms with Crippen LogP contribution in [0, 0.1) is 0 Å². The Balaban J connectivity index is 1.27. The fourth-order valence-electron chi connectivity index (χ4n) is 5.17. The number of halogens is 6. The van der Waals surface area contributed by atoms with Gasteiger partial charge in [-0.15, -0.1) is 22.7 Å². The van der Waals surface area contributed by atoms with E-state index in [1.807, 2.05) is 12.1 Å². The van der Waals surface area contributed by atoms with Crippen molar-refractivity contribution in [1.82, 2.24) is 9.80 Å². The van der Waals surface area contributed by atoms with Gasteiger partial charge in [0, 0.05) is 23.8 Å². The van der Waals surface area contributed by atoms with E-state index < -0.39 is 23.5 Å². The summed E-state index contributed by atoms with van der Waals surface area (Å²) < 4.78 is 77.2. The third-order valence-electron chi connectivity index (χ3n) is 7.51. The highest BCUT2D eigenvalue weighted by Gasteiger charge is 2.47. The van der Waals surface area contributed by atoms with Gasteiger partial charge in [0.25, 0.3) is 11.8 Å². The van der Waals surface area contributed by atoms with Gasteiger partial charge in [0.2, 0.25) is 0 Å². The summed E-state index contributed by atoms with van der Waals surface area (Å²) in [6, 6.07) is 16.8. The molecule has 12 heteroatoms. The van der Waals surface area contributed by atoms with Crippen molar-refractivity contribution in [1.29, 1.82) is 0 Å². The summed E-state index contributed by atoms with van der Waals surface area (Å²) in [5.41, 5.74) is 1.26. The second kappa shape index (κ2) is 11.6. The molecule has 2 aromatic carbocycles. The number of hydrogen-bond acceptors (Lipinski definition) is 4. The number of carbonyl (C=O) groups is 2. The standard InChI is InChI=1S/C34H22F6N2O2S2/c1-41-29(25-17-15-23(45-25)13-7-19-3-9-21(10-4-19)33(35,36)37)27-28(31(41)43)30(42(2)32(27)44)26-18-16-24(46-26)14-8-20-5-11-22(12-6-20)34(38,39)40/h3-18H,1-2H3/b13-7+,14-8+. The number of benzene rings is 2. The van der Waals surface area contributed by atoms with Crippen molar-refractivity contribution in [3.63, 3.8) is 0 Å². The van der Waals surface area contributed by atoms with Crippen molar-refractivity contribution < 1.29 is 35.9 Å². The second-order valence-corrected chi connectivity index (χ2v) is 12.7. The molecule has 2 aliphatic rings. The fourth-order valence-corrected chi connectivity index (χ4v) is 7.16. The van der Waals surface area contributed by atoms with E-state index in [1.54, 1.807) is 50.5 Å². The molecule has 0 aliphatic carbocycles. The molecule has 46 heavy (non-hydrogen) atoms. The molecule has 2 aliphatic heterocycles. The van der Waals surface area contributed by atoms with Crippen LogP contribution in [0.4, 0.5) is 26.3 Å². The number of nitrogens with zero attached hydrogens (tertiary/aromatic N) is 2. The lowest BCUT2D eigenvalue weighted by atomic mass is 10.1. The summed E-state index contributed by atoms with van der Waals surface area (Å²) in [6.45, 7) is 0. The lowest BCUT2D eigenvalue weighted by Crippen LogP contribution is -2.24. The van der Waals surface area contributed by atoms with E-state index in [4.69, 9.17) is 0 Å². The van der Waals surface area contributed by atoms with Crippen LogP contribution in [0.25, 0.3) is 35.7 Å². The first kappa shape index (κ1) is 31.3. The minimum atomic E-state index is -4.41. The highest BCUT2D eigenvalue weighted by molar-refractivity contribution is 7.14. The van der Waals surface area contributed by atoms with Gasteiger partial charge >= 0.3 is 12.4 Å². The van der Waals surface area contributed by atoms with Crippen LogP contribution < -0.4 is 0 Å². The van der Waals surface area contributed by atoms with Crippen LogP contribution in [-0.4, -0.2) is 35.7 Å². The van der Waals surface area contributed by atoms with Crippen LogP contribution >= 0.6 is 22.7 Å². The molecule has 2 amide bonds. The number of rotatable bonds is 6. The van der Waals surface area contributed by atoms with Gasteiger partial charge in [-0.3, -0.25) is 9.59 Å². The molecule has 0 unspecified atom stereocenters. The molecule has 0 atom stereocenters. The number of amides is 2. The van der Waals surface area contributed by atoms with Crippen LogP contribution in [0.1, 0.15) is 41.8 Å². The predicted octanol–water partition coefficient (Wildman–Crippen LogP) is 9.25. The first-order valence-electron chi connectivity index (χ1n) is 13.7. The average molecular weight is 669 g/mol. The Morgan fingerprint density at radius 2 is 0.870 bits per heavy atom. The van der Waals surface area contributed by atoms with Gasteiger partial charge in [0.05, 0.1) is 43.4 Å². The largest absolute Gasteiger partial charge is 0.416 e. The minimum Gasteiger partial charge on any atom is -0.309 e. The Kier molecular flexibility index (Phi) is 7.89. The molecule has 0 spiro atoms. The highest BCUT2D eigenvalue weighted by atomic mass is 32.1. The van der Waals surface area contributed by atoms with Gasteiger partial charge in [-0.2, -0.15) is 26.3 Å². The SMILES string of the molecule is CN1C(=O)C2=C(c3ccc(/C=C/c4ccc(C(F)(F)F)cc4)s3)N(C)C(=O)C2=C1c1ccc(/C=C/c2ccc(C(F)(F)F)cc2)s1. The zero-order chi connectivity index (χ0) is 33.0. The number of carbonyl (C=O) groups excluding carboxylic acids is 2. The number of likely N-dealkylation sites (N-methyl/N-ethyl adjacent to an activating group) is 2. The van der Waals surface area contributed by atoms with Gasteiger partial charge in [-0.25, -0.2) is 0 Å². The first-order valence-corrected chi connectivity index (χ1v) is 15.3. The lowest BCUT2D eigenvalue weighted by Gasteiger charge is -2.18. The molecule has 0 radical (unpaired) electrons. The van der Waals surface area contributed by atoms with E-state index in [-0.39, 0.29) is 11.8 Å². The Morgan fingerprint density at radius 3 is 1.20 bits per heavy atom. The highest BCUT2D eigenvalue weighted by Crippen LogP contribution is 2.47. The molecule has 0 saturated heterocycles. The molecule has 2 aromatic heterocycles. The molecule has 234 valence electrons. The summed E-state index contributed by atoms with van der Waals surface area (Å²) in [5, 5.41) is 0. The number of alkyl halides is 6. The van der Waals surface area contributed by atoms with Crippen molar-refractivity contribution in [2.75, 3.05) is 14.1 Å². The summed E-state index contributed by atoms with van der Waals surface area (Å²) in [7, 11) is 3.20. The van der Waals surface area contributed by atoms with Crippen molar-refractivity contribution in [3.8, 4) is 0 Å².